The smallest absolute Gasteiger partial charge is 0.166 e. The normalized spacial score (nSPS) is 50.1. The van der Waals surface area contributed by atoms with Gasteiger partial charge in [0.1, 0.15) is 0 Å². The van der Waals surface area contributed by atoms with Crippen LogP contribution in [0.3, 0.4) is 0 Å². The molecule has 2 fully saturated rings. The molecule has 76 valence electrons. The third kappa shape index (κ3) is 1.31. The molecule has 2 heterocycles. The molecule has 0 aliphatic carbocycles. The predicted molar refractivity (Wildman–Crippen MR) is 51.5 cm³/mol. The van der Waals surface area contributed by atoms with Gasteiger partial charge in [0.15, 0.2) is 5.79 Å². The number of fused-ring (bicyclic) bond motifs is 2. The van der Waals surface area contributed by atoms with Crippen molar-refractivity contribution in [1.29, 1.82) is 0 Å². The molecule has 2 bridgehead atoms. The van der Waals surface area contributed by atoms with E-state index in [1.807, 2.05) is 0 Å². The highest BCUT2D eigenvalue weighted by Gasteiger charge is 2.55. The lowest BCUT2D eigenvalue weighted by Gasteiger charge is -2.31. The summed E-state index contributed by atoms with van der Waals surface area (Å²) in [5.74, 6) is 0.236. The molecule has 3 unspecified atom stereocenters. The quantitative estimate of drug-likeness (QED) is 0.624. The van der Waals surface area contributed by atoms with E-state index < -0.39 is 0 Å². The standard InChI is InChI=1S/C11H20O2/c1-8(2)11(4)9-6-5-7-10(3,12-9)13-11/h8-9H,5-7H2,1-4H3. The third-order valence-electron chi connectivity index (χ3n) is 3.71. The maximum atomic E-state index is 6.10. The average molecular weight is 184 g/mol. The molecular formula is C11H20O2. The van der Waals surface area contributed by atoms with E-state index >= 15 is 0 Å². The minimum Gasteiger partial charge on any atom is -0.344 e. The summed E-state index contributed by atoms with van der Waals surface area (Å²) in [5, 5.41) is 0. The van der Waals surface area contributed by atoms with E-state index in [1.165, 1.54) is 6.42 Å². The van der Waals surface area contributed by atoms with E-state index in [0.717, 1.165) is 12.8 Å². The lowest BCUT2D eigenvalue weighted by Crippen LogP contribution is -2.41. The number of ether oxygens (including phenoxy) is 2. The Hall–Kier alpha value is -0.0800. The van der Waals surface area contributed by atoms with E-state index in [4.69, 9.17) is 9.47 Å². The van der Waals surface area contributed by atoms with Crippen LogP contribution in [0.1, 0.15) is 47.0 Å². The van der Waals surface area contributed by atoms with Gasteiger partial charge in [0.05, 0.1) is 11.7 Å². The lowest BCUT2D eigenvalue weighted by molar-refractivity contribution is -0.192. The minimum atomic E-state index is -0.290. The Morgan fingerprint density at radius 2 is 2.00 bits per heavy atom. The molecular weight excluding hydrogens is 164 g/mol. The second-order valence-electron chi connectivity index (χ2n) is 5.07. The van der Waals surface area contributed by atoms with Crippen molar-refractivity contribution in [1.82, 2.24) is 0 Å². The van der Waals surface area contributed by atoms with Crippen LogP contribution in [0.5, 0.6) is 0 Å². The van der Waals surface area contributed by atoms with Crippen molar-refractivity contribution in [3.05, 3.63) is 0 Å². The zero-order valence-electron chi connectivity index (χ0n) is 9.09. The van der Waals surface area contributed by atoms with Crippen LogP contribution >= 0.6 is 0 Å². The van der Waals surface area contributed by atoms with Crippen LogP contribution in [-0.4, -0.2) is 17.5 Å². The highest BCUT2D eigenvalue weighted by Crippen LogP contribution is 2.48. The van der Waals surface area contributed by atoms with Crippen molar-refractivity contribution >= 4 is 0 Å². The zero-order valence-corrected chi connectivity index (χ0v) is 9.09. The molecule has 0 radical (unpaired) electrons. The summed E-state index contributed by atoms with van der Waals surface area (Å²) < 4.78 is 12.0. The van der Waals surface area contributed by atoms with Gasteiger partial charge in [-0.05, 0) is 32.6 Å². The molecule has 0 amide bonds. The first-order valence-electron chi connectivity index (χ1n) is 5.34. The van der Waals surface area contributed by atoms with Gasteiger partial charge in [-0.1, -0.05) is 13.8 Å². The van der Waals surface area contributed by atoms with Crippen molar-refractivity contribution in [3.8, 4) is 0 Å². The van der Waals surface area contributed by atoms with Gasteiger partial charge in [0.2, 0.25) is 0 Å². The zero-order chi connectivity index (χ0) is 9.69. The summed E-state index contributed by atoms with van der Waals surface area (Å²) in [4.78, 5) is 0. The Labute approximate surface area is 80.6 Å². The van der Waals surface area contributed by atoms with Crippen molar-refractivity contribution in [3.63, 3.8) is 0 Å². The van der Waals surface area contributed by atoms with E-state index in [9.17, 15) is 0 Å². The van der Waals surface area contributed by atoms with Gasteiger partial charge < -0.3 is 9.47 Å². The summed E-state index contributed by atoms with van der Waals surface area (Å²) in [6, 6.07) is 0. The summed E-state index contributed by atoms with van der Waals surface area (Å²) >= 11 is 0. The van der Waals surface area contributed by atoms with Crippen LogP contribution in [0.4, 0.5) is 0 Å². The SMILES string of the molecule is CC(C)C1(C)OC2(C)CCCC1O2. The molecule has 13 heavy (non-hydrogen) atoms. The summed E-state index contributed by atoms with van der Waals surface area (Å²) in [6.07, 6.45) is 3.76. The van der Waals surface area contributed by atoms with Crippen LogP contribution in [0.2, 0.25) is 0 Å². The molecule has 0 saturated carbocycles. The van der Waals surface area contributed by atoms with Crippen LogP contribution in [0.15, 0.2) is 0 Å². The third-order valence-corrected chi connectivity index (χ3v) is 3.71. The van der Waals surface area contributed by atoms with E-state index in [1.54, 1.807) is 0 Å². The Morgan fingerprint density at radius 1 is 1.31 bits per heavy atom. The Balaban J connectivity index is 2.25. The summed E-state index contributed by atoms with van der Waals surface area (Å²) in [5.41, 5.74) is -0.0642. The minimum absolute atomic E-state index is 0.0642. The highest BCUT2D eigenvalue weighted by atomic mass is 16.8. The molecule has 0 aromatic rings. The van der Waals surface area contributed by atoms with Crippen molar-refractivity contribution < 1.29 is 9.47 Å². The Kier molecular flexibility index (Phi) is 1.97. The molecule has 2 aliphatic heterocycles. The van der Waals surface area contributed by atoms with Gasteiger partial charge in [-0.2, -0.15) is 0 Å². The second kappa shape index (κ2) is 2.71. The molecule has 2 saturated heterocycles. The van der Waals surface area contributed by atoms with E-state index in [0.29, 0.717) is 12.0 Å². The fraction of sp³-hybridized carbons (Fsp3) is 1.00. The maximum Gasteiger partial charge on any atom is 0.166 e. The molecule has 0 aromatic heterocycles. The molecule has 2 nitrogen and oxygen atoms in total. The Morgan fingerprint density at radius 3 is 2.54 bits per heavy atom. The van der Waals surface area contributed by atoms with Crippen molar-refractivity contribution in [2.45, 2.75) is 64.4 Å². The fourth-order valence-electron chi connectivity index (χ4n) is 2.53. The van der Waals surface area contributed by atoms with Gasteiger partial charge in [0.25, 0.3) is 0 Å². The molecule has 0 N–H and O–H groups in total. The first-order chi connectivity index (χ1) is 5.96. The van der Waals surface area contributed by atoms with Crippen LogP contribution in [0.25, 0.3) is 0 Å². The fourth-order valence-corrected chi connectivity index (χ4v) is 2.53. The lowest BCUT2D eigenvalue weighted by atomic mass is 9.85. The Bertz CT molecular complexity index is 214. The summed E-state index contributed by atoms with van der Waals surface area (Å²) in [7, 11) is 0. The average Bonchev–Trinajstić information content (AvgIpc) is 2.19. The maximum absolute atomic E-state index is 6.10. The first-order valence-corrected chi connectivity index (χ1v) is 5.34. The predicted octanol–water partition coefficient (Wildman–Crippen LogP) is 2.72. The monoisotopic (exact) mass is 184 g/mol. The molecule has 0 aromatic carbocycles. The number of hydrogen-bond acceptors (Lipinski definition) is 2. The molecule has 0 spiro atoms. The van der Waals surface area contributed by atoms with Gasteiger partial charge >= 0.3 is 0 Å². The molecule has 3 atom stereocenters. The second-order valence-corrected chi connectivity index (χ2v) is 5.07. The van der Waals surface area contributed by atoms with Crippen LogP contribution in [0, 0.1) is 5.92 Å². The van der Waals surface area contributed by atoms with Gasteiger partial charge in [-0.25, -0.2) is 0 Å². The molecule has 2 rings (SSSR count). The largest absolute Gasteiger partial charge is 0.344 e. The van der Waals surface area contributed by atoms with E-state index in [-0.39, 0.29) is 11.4 Å². The van der Waals surface area contributed by atoms with Gasteiger partial charge in [0, 0.05) is 6.42 Å². The summed E-state index contributed by atoms with van der Waals surface area (Å²) in [6.45, 7) is 8.70. The van der Waals surface area contributed by atoms with Crippen LogP contribution in [-0.2, 0) is 9.47 Å². The van der Waals surface area contributed by atoms with Gasteiger partial charge in [-0.15, -0.1) is 0 Å². The number of rotatable bonds is 1. The molecule has 2 aliphatic rings. The molecule has 2 heteroatoms. The number of hydrogen-bond donors (Lipinski definition) is 0. The topological polar surface area (TPSA) is 18.5 Å². The van der Waals surface area contributed by atoms with Gasteiger partial charge in [-0.3, -0.25) is 0 Å². The van der Waals surface area contributed by atoms with Crippen molar-refractivity contribution in [2.24, 2.45) is 5.92 Å². The first kappa shape index (κ1) is 9.47. The highest BCUT2D eigenvalue weighted by molar-refractivity contribution is 4.98. The van der Waals surface area contributed by atoms with Crippen LogP contribution < -0.4 is 0 Å². The van der Waals surface area contributed by atoms with Crippen molar-refractivity contribution in [2.75, 3.05) is 0 Å². The van der Waals surface area contributed by atoms with E-state index in [2.05, 4.69) is 27.7 Å².